The fourth-order valence-corrected chi connectivity index (χ4v) is 1.47. The van der Waals surface area contributed by atoms with E-state index in [1.54, 1.807) is 0 Å². The van der Waals surface area contributed by atoms with Crippen LogP contribution < -0.4 is 0 Å². The van der Waals surface area contributed by atoms with Crippen LogP contribution in [0.15, 0.2) is 0 Å². The molecule has 1 rings (SSSR count). The molecule has 0 saturated carbocycles. The minimum atomic E-state index is 0.674. The maximum Gasteiger partial charge on any atom is 0.00411 e. The van der Waals surface area contributed by atoms with Crippen molar-refractivity contribution in [2.75, 3.05) is 19.6 Å². The smallest absolute Gasteiger partial charge is 0.00411 e. The molecule has 54 valence electrons. The van der Waals surface area contributed by atoms with E-state index >= 15 is 0 Å². The number of rotatable bonds is 1. The molecule has 0 aliphatic carbocycles. The van der Waals surface area contributed by atoms with Gasteiger partial charge in [0.15, 0.2) is 0 Å². The van der Waals surface area contributed by atoms with E-state index in [4.69, 9.17) is 0 Å². The van der Waals surface area contributed by atoms with Gasteiger partial charge in [0.1, 0.15) is 0 Å². The number of nitrogens with zero attached hydrogens (tertiary/aromatic N) is 1. The summed E-state index contributed by atoms with van der Waals surface area (Å²) in [6.07, 6.45) is 2.55. The van der Waals surface area contributed by atoms with Crippen LogP contribution in [0.4, 0.5) is 0 Å². The van der Waals surface area contributed by atoms with E-state index in [2.05, 4.69) is 24.5 Å². The maximum atomic E-state index is 4.41. The van der Waals surface area contributed by atoms with E-state index < -0.39 is 0 Å². The van der Waals surface area contributed by atoms with Crippen LogP contribution >= 0.6 is 12.6 Å². The lowest BCUT2D eigenvalue weighted by molar-refractivity contribution is 0.245. The molecule has 2 heteroatoms. The van der Waals surface area contributed by atoms with E-state index in [1.807, 2.05) is 0 Å². The lowest BCUT2D eigenvalue weighted by Crippen LogP contribution is -2.33. The molecule has 0 atom stereocenters. The van der Waals surface area contributed by atoms with Crippen molar-refractivity contribution in [3.8, 4) is 0 Å². The average molecular weight is 145 g/mol. The van der Waals surface area contributed by atoms with E-state index in [-0.39, 0.29) is 0 Å². The number of likely N-dealkylation sites (tertiary alicyclic amines) is 1. The van der Waals surface area contributed by atoms with Gasteiger partial charge in [0.25, 0.3) is 0 Å². The molecule has 1 aliphatic heterocycles. The Morgan fingerprint density at radius 2 is 2.00 bits per heavy atom. The number of hydrogen-bond acceptors (Lipinski definition) is 2. The summed E-state index contributed by atoms with van der Waals surface area (Å²) >= 11 is 4.41. The molecule has 1 nitrogen and oxygen atoms in total. The van der Waals surface area contributed by atoms with Crippen molar-refractivity contribution < 1.29 is 0 Å². The molecule has 1 fully saturated rings. The SMILES string of the molecule is CCN1CCC(S)CC1. The molecule has 0 spiro atoms. The second-order valence-electron chi connectivity index (χ2n) is 2.67. The molecule has 0 bridgehead atoms. The van der Waals surface area contributed by atoms with Crippen LogP contribution in [0.2, 0.25) is 0 Å². The summed E-state index contributed by atoms with van der Waals surface area (Å²) in [5, 5.41) is 0.674. The molecular formula is C7H15NS. The van der Waals surface area contributed by atoms with E-state index in [9.17, 15) is 0 Å². The van der Waals surface area contributed by atoms with E-state index in [1.165, 1.54) is 32.5 Å². The van der Waals surface area contributed by atoms with Gasteiger partial charge in [0.2, 0.25) is 0 Å². The van der Waals surface area contributed by atoms with Crippen molar-refractivity contribution in [2.45, 2.75) is 25.0 Å². The maximum absolute atomic E-state index is 4.41. The third kappa shape index (κ3) is 2.18. The zero-order valence-electron chi connectivity index (χ0n) is 6.01. The highest BCUT2D eigenvalue weighted by Crippen LogP contribution is 2.13. The van der Waals surface area contributed by atoms with Crippen molar-refractivity contribution in [3.63, 3.8) is 0 Å². The van der Waals surface area contributed by atoms with Crippen LogP contribution in [0.1, 0.15) is 19.8 Å². The normalized spacial score (nSPS) is 24.7. The van der Waals surface area contributed by atoms with E-state index in [0.717, 1.165) is 0 Å². The van der Waals surface area contributed by atoms with Gasteiger partial charge in [-0.05, 0) is 32.5 Å². The Balaban J connectivity index is 2.18. The van der Waals surface area contributed by atoms with Crippen molar-refractivity contribution in [1.29, 1.82) is 0 Å². The molecular weight excluding hydrogens is 130 g/mol. The molecule has 1 saturated heterocycles. The summed E-state index contributed by atoms with van der Waals surface area (Å²) in [5.74, 6) is 0. The fourth-order valence-electron chi connectivity index (χ4n) is 1.24. The quantitative estimate of drug-likeness (QED) is 0.546. The van der Waals surface area contributed by atoms with Crippen molar-refractivity contribution in [1.82, 2.24) is 4.90 Å². The van der Waals surface area contributed by atoms with Gasteiger partial charge < -0.3 is 4.90 Å². The van der Waals surface area contributed by atoms with Gasteiger partial charge in [-0.3, -0.25) is 0 Å². The predicted octanol–water partition coefficient (Wildman–Crippen LogP) is 1.40. The zero-order chi connectivity index (χ0) is 6.69. The molecule has 1 aliphatic rings. The summed E-state index contributed by atoms with van der Waals surface area (Å²) in [7, 11) is 0. The highest BCUT2D eigenvalue weighted by Gasteiger charge is 2.13. The summed E-state index contributed by atoms with van der Waals surface area (Å²) in [5.41, 5.74) is 0. The molecule has 0 unspecified atom stereocenters. The number of thiol groups is 1. The summed E-state index contributed by atoms with van der Waals surface area (Å²) in [4.78, 5) is 2.48. The van der Waals surface area contributed by atoms with Gasteiger partial charge >= 0.3 is 0 Å². The van der Waals surface area contributed by atoms with Gasteiger partial charge in [0, 0.05) is 5.25 Å². The Bertz CT molecular complexity index is 77.0. The molecule has 0 amide bonds. The first-order chi connectivity index (χ1) is 4.33. The Hall–Kier alpha value is 0.310. The van der Waals surface area contributed by atoms with Crippen LogP contribution in [0.5, 0.6) is 0 Å². The van der Waals surface area contributed by atoms with Gasteiger partial charge in [0.05, 0.1) is 0 Å². The predicted molar refractivity (Wildman–Crippen MR) is 44.1 cm³/mol. The Labute approximate surface area is 62.8 Å². The van der Waals surface area contributed by atoms with Crippen molar-refractivity contribution in [2.24, 2.45) is 0 Å². The van der Waals surface area contributed by atoms with Crippen molar-refractivity contribution in [3.05, 3.63) is 0 Å². The molecule has 0 aromatic heterocycles. The summed E-state index contributed by atoms with van der Waals surface area (Å²) in [6.45, 7) is 5.94. The monoisotopic (exact) mass is 145 g/mol. The van der Waals surface area contributed by atoms with Gasteiger partial charge in [-0.1, -0.05) is 6.92 Å². The lowest BCUT2D eigenvalue weighted by Gasteiger charge is -2.28. The van der Waals surface area contributed by atoms with Crippen LogP contribution in [0.3, 0.4) is 0 Å². The first-order valence-electron chi connectivity index (χ1n) is 3.73. The van der Waals surface area contributed by atoms with Crippen LogP contribution in [-0.2, 0) is 0 Å². The minimum absolute atomic E-state index is 0.674. The Kier molecular flexibility index (Phi) is 2.86. The largest absolute Gasteiger partial charge is 0.304 e. The Morgan fingerprint density at radius 1 is 1.44 bits per heavy atom. The second-order valence-corrected chi connectivity index (χ2v) is 3.40. The molecule has 1 heterocycles. The van der Waals surface area contributed by atoms with Crippen LogP contribution in [0.25, 0.3) is 0 Å². The lowest BCUT2D eigenvalue weighted by atomic mass is 10.1. The highest BCUT2D eigenvalue weighted by atomic mass is 32.1. The standard InChI is InChI=1S/C7H15NS/c1-2-8-5-3-7(9)4-6-8/h7,9H,2-6H2,1H3. The second kappa shape index (κ2) is 3.47. The van der Waals surface area contributed by atoms with E-state index in [0.29, 0.717) is 5.25 Å². The third-order valence-corrected chi connectivity index (χ3v) is 2.52. The summed E-state index contributed by atoms with van der Waals surface area (Å²) in [6, 6.07) is 0. The van der Waals surface area contributed by atoms with Crippen LogP contribution in [-0.4, -0.2) is 29.8 Å². The summed E-state index contributed by atoms with van der Waals surface area (Å²) < 4.78 is 0. The van der Waals surface area contributed by atoms with Crippen LogP contribution in [0, 0.1) is 0 Å². The van der Waals surface area contributed by atoms with Gasteiger partial charge in [-0.25, -0.2) is 0 Å². The van der Waals surface area contributed by atoms with Gasteiger partial charge in [-0.15, -0.1) is 0 Å². The number of hydrogen-bond donors (Lipinski definition) is 1. The van der Waals surface area contributed by atoms with Gasteiger partial charge in [-0.2, -0.15) is 12.6 Å². The number of piperidine rings is 1. The molecule has 9 heavy (non-hydrogen) atoms. The first-order valence-corrected chi connectivity index (χ1v) is 4.25. The third-order valence-electron chi connectivity index (χ3n) is 2.00. The molecule has 0 aromatic rings. The zero-order valence-corrected chi connectivity index (χ0v) is 6.90. The minimum Gasteiger partial charge on any atom is -0.304 e. The Morgan fingerprint density at radius 3 is 2.44 bits per heavy atom. The fraction of sp³-hybridized carbons (Fsp3) is 1.00. The topological polar surface area (TPSA) is 3.24 Å². The molecule has 0 radical (unpaired) electrons. The van der Waals surface area contributed by atoms with Crippen molar-refractivity contribution >= 4 is 12.6 Å². The molecule has 0 aromatic carbocycles. The first kappa shape index (κ1) is 7.42. The highest BCUT2D eigenvalue weighted by molar-refractivity contribution is 7.80. The molecule has 0 N–H and O–H groups in total. The average Bonchev–Trinajstić information content (AvgIpc) is 1.90.